The highest BCUT2D eigenvalue weighted by molar-refractivity contribution is 5.89. The average molecular weight is 206 g/mol. The summed E-state index contributed by atoms with van der Waals surface area (Å²) in [6.07, 6.45) is 1.68. The molecule has 0 spiro atoms. The molecule has 0 atom stereocenters. The number of methoxy groups -OCH3 is 1. The quantitative estimate of drug-likeness (QED) is 0.421. The number of rotatable bonds is 5. The van der Waals surface area contributed by atoms with Crippen LogP contribution < -0.4 is 0 Å². The molecule has 0 N–H and O–H groups in total. The Bertz CT molecular complexity index is 344. The van der Waals surface area contributed by atoms with Gasteiger partial charge in [0.25, 0.3) is 0 Å². The van der Waals surface area contributed by atoms with Crippen LogP contribution in [0.3, 0.4) is 0 Å². The fraction of sp³-hybridized carbons (Fsp3) is 0.250. The molecule has 0 fully saturated rings. The highest BCUT2D eigenvalue weighted by Crippen LogP contribution is 2.07. The normalized spacial score (nSPS) is 9.67. The third kappa shape index (κ3) is 3.56. The molecule has 3 heteroatoms. The Balaban J connectivity index is 2.65. The highest BCUT2D eigenvalue weighted by Gasteiger charge is 2.04. The van der Waals surface area contributed by atoms with E-state index >= 15 is 0 Å². The van der Waals surface area contributed by atoms with Crippen molar-refractivity contribution in [3.05, 3.63) is 48.0 Å². The molecule has 0 amide bonds. The third-order valence-corrected chi connectivity index (χ3v) is 1.85. The van der Waals surface area contributed by atoms with Gasteiger partial charge in [0.1, 0.15) is 0 Å². The minimum Gasteiger partial charge on any atom is -0.465 e. The first-order valence-corrected chi connectivity index (χ1v) is 4.64. The van der Waals surface area contributed by atoms with Gasteiger partial charge < -0.3 is 9.47 Å². The Morgan fingerprint density at radius 2 is 2.33 bits per heavy atom. The summed E-state index contributed by atoms with van der Waals surface area (Å²) in [5.41, 5.74) is 1.48. The molecular formula is C12H14O3. The lowest BCUT2D eigenvalue weighted by molar-refractivity contribution is 0.0600. The summed E-state index contributed by atoms with van der Waals surface area (Å²) in [7, 11) is 1.36. The highest BCUT2D eigenvalue weighted by atomic mass is 16.5. The summed E-state index contributed by atoms with van der Waals surface area (Å²) in [6, 6.07) is 7.17. The third-order valence-electron chi connectivity index (χ3n) is 1.85. The Morgan fingerprint density at radius 1 is 1.53 bits per heavy atom. The monoisotopic (exact) mass is 206 g/mol. The maximum absolute atomic E-state index is 11.2. The van der Waals surface area contributed by atoms with Gasteiger partial charge >= 0.3 is 5.97 Å². The van der Waals surface area contributed by atoms with Crippen molar-refractivity contribution in [1.29, 1.82) is 0 Å². The lowest BCUT2D eigenvalue weighted by atomic mass is 10.1. The van der Waals surface area contributed by atoms with Gasteiger partial charge in [0.15, 0.2) is 0 Å². The van der Waals surface area contributed by atoms with Crippen molar-refractivity contribution in [3.8, 4) is 0 Å². The van der Waals surface area contributed by atoms with E-state index in [1.165, 1.54) is 7.11 Å². The van der Waals surface area contributed by atoms with Crippen LogP contribution in [0.25, 0.3) is 0 Å². The largest absolute Gasteiger partial charge is 0.465 e. The summed E-state index contributed by atoms with van der Waals surface area (Å²) in [4.78, 5) is 11.2. The van der Waals surface area contributed by atoms with Crippen molar-refractivity contribution in [2.75, 3.05) is 13.7 Å². The predicted octanol–water partition coefficient (Wildman–Crippen LogP) is 2.18. The smallest absolute Gasteiger partial charge is 0.337 e. The van der Waals surface area contributed by atoms with Crippen molar-refractivity contribution in [2.45, 2.75) is 6.61 Å². The number of carbonyl (C=O) groups is 1. The Labute approximate surface area is 89.3 Å². The zero-order chi connectivity index (χ0) is 11.1. The summed E-state index contributed by atoms with van der Waals surface area (Å²) < 4.78 is 9.89. The van der Waals surface area contributed by atoms with Crippen molar-refractivity contribution in [1.82, 2.24) is 0 Å². The van der Waals surface area contributed by atoms with E-state index in [1.807, 2.05) is 6.07 Å². The van der Waals surface area contributed by atoms with Gasteiger partial charge in [-0.05, 0) is 17.7 Å². The number of ether oxygens (including phenoxy) is 2. The summed E-state index contributed by atoms with van der Waals surface area (Å²) in [5.74, 6) is -0.333. The topological polar surface area (TPSA) is 35.5 Å². The molecule has 0 unspecified atom stereocenters. The van der Waals surface area contributed by atoms with Gasteiger partial charge in [0, 0.05) is 0 Å². The van der Waals surface area contributed by atoms with Crippen LogP contribution in [0, 0.1) is 0 Å². The number of esters is 1. The molecule has 1 rings (SSSR count). The second kappa shape index (κ2) is 5.98. The molecule has 0 aliphatic carbocycles. The lowest BCUT2D eigenvalue weighted by Crippen LogP contribution is -2.02. The molecule has 1 aromatic carbocycles. The molecule has 0 aliphatic rings. The number of hydrogen-bond acceptors (Lipinski definition) is 3. The summed E-state index contributed by atoms with van der Waals surface area (Å²) in [5, 5.41) is 0. The molecule has 0 radical (unpaired) electrons. The number of carbonyl (C=O) groups excluding carboxylic acids is 1. The minimum absolute atomic E-state index is 0.333. The van der Waals surface area contributed by atoms with E-state index in [9.17, 15) is 4.79 Å². The van der Waals surface area contributed by atoms with Gasteiger partial charge in [0.05, 0.1) is 25.9 Å². The van der Waals surface area contributed by atoms with Crippen molar-refractivity contribution in [3.63, 3.8) is 0 Å². The molecule has 0 bridgehead atoms. The second-order valence-corrected chi connectivity index (χ2v) is 3.00. The van der Waals surface area contributed by atoms with Crippen LogP contribution in [-0.2, 0) is 16.1 Å². The molecule has 15 heavy (non-hydrogen) atoms. The van der Waals surface area contributed by atoms with E-state index in [0.717, 1.165) is 5.56 Å². The van der Waals surface area contributed by atoms with E-state index in [-0.39, 0.29) is 5.97 Å². The predicted molar refractivity (Wildman–Crippen MR) is 57.6 cm³/mol. The van der Waals surface area contributed by atoms with Crippen LogP contribution in [-0.4, -0.2) is 19.7 Å². The molecule has 0 heterocycles. The maximum atomic E-state index is 11.2. The molecular weight excluding hydrogens is 192 g/mol. The van der Waals surface area contributed by atoms with Crippen LogP contribution in [0.15, 0.2) is 36.9 Å². The first-order chi connectivity index (χ1) is 7.27. The molecule has 80 valence electrons. The molecule has 0 aliphatic heterocycles. The Kier molecular flexibility index (Phi) is 4.57. The molecule has 0 saturated carbocycles. The van der Waals surface area contributed by atoms with Crippen LogP contribution in [0.1, 0.15) is 15.9 Å². The number of benzene rings is 1. The van der Waals surface area contributed by atoms with Crippen molar-refractivity contribution in [2.24, 2.45) is 0 Å². The first-order valence-electron chi connectivity index (χ1n) is 4.64. The van der Waals surface area contributed by atoms with Gasteiger partial charge in [-0.15, -0.1) is 6.58 Å². The standard InChI is InChI=1S/C12H14O3/c1-3-7-15-9-10-5-4-6-11(8-10)12(13)14-2/h3-6,8H,1,7,9H2,2H3. The van der Waals surface area contributed by atoms with Gasteiger partial charge in [-0.25, -0.2) is 4.79 Å². The van der Waals surface area contributed by atoms with Gasteiger partial charge in [-0.1, -0.05) is 18.2 Å². The second-order valence-electron chi connectivity index (χ2n) is 3.00. The Morgan fingerprint density at radius 3 is 3.00 bits per heavy atom. The van der Waals surface area contributed by atoms with Crippen LogP contribution in [0.5, 0.6) is 0 Å². The van der Waals surface area contributed by atoms with E-state index in [1.54, 1.807) is 24.3 Å². The molecule has 1 aromatic rings. The zero-order valence-electron chi connectivity index (χ0n) is 8.73. The zero-order valence-corrected chi connectivity index (χ0v) is 8.73. The van der Waals surface area contributed by atoms with Crippen LogP contribution in [0.2, 0.25) is 0 Å². The van der Waals surface area contributed by atoms with Gasteiger partial charge in [0.2, 0.25) is 0 Å². The average Bonchev–Trinajstić information content (AvgIpc) is 2.29. The minimum atomic E-state index is -0.333. The molecule has 3 nitrogen and oxygen atoms in total. The lowest BCUT2D eigenvalue weighted by Gasteiger charge is -2.04. The van der Waals surface area contributed by atoms with Crippen LogP contribution >= 0.6 is 0 Å². The number of hydrogen-bond donors (Lipinski definition) is 0. The Hall–Kier alpha value is -1.61. The SMILES string of the molecule is C=CCOCc1cccc(C(=O)OC)c1. The van der Waals surface area contributed by atoms with Crippen molar-refractivity contribution >= 4 is 5.97 Å². The summed E-state index contributed by atoms with van der Waals surface area (Å²) in [6.45, 7) is 4.52. The fourth-order valence-electron chi connectivity index (χ4n) is 1.17. The fourth-order valence-corrected chi connectivity index (χ4v) is 1.17. The summed E-state index contributed by atoms with van der Waals surface area (Å²) >= 11 is 0. The molecule has 0 aromatic heterocycles. The van der Waals surface area contributed by atoms with Gasteiger partial charge in [-0.2, -0.15) is 0 Å². The van der Waals surface area contributed by atoms with E-state index in [2.05, 4.69) is 11.3 Å². The van der Waals surface area contributed by atoms with Gasteiger partial charge in [-0.3, -0.25) is 0 Å². The van der Waals surface area contributed by atoms with Crippen LogP contribution in [0.4, 0.5) is 0 Å². The van der Waals surface area contributed by atoms with Crippen molar-refractivity contribution < 1.29 is 14.3 Å². The van der Waals surface area contributed by atoms with E-state index < -0.39 is 0 Å². The van der Waals surface area contributed by atoms with E-state index in [4.69, 9.17) is 4.74 Å². The molecule has 0 saturated heterocycles. The maximum Gasteiger partial charge on any atom is 0.337 e. The van der Waals surface area contributed by atoms with E-state index in [0.29, 0.717) is 18.8 Å². The first kappa shape index (κ1) is 11.5.